The molecular weight excluding hydrogens is 294 g/mol. The molecule has 0 aliphatic heterocycles. The fourth-order valence-corrected chi connectivity index (χ4v) is 3.38. The normalized spacial score (nSPS) is 14.8. The van der Waals surface area contributed by atoms with Crippen LogP contribution in [0.4, 0.5) is 0 Å². The summed E-state index contributed by atoms with van der Waals surface area (Å²) in [5.41, 5.74) is 7.80. The quantitative estimate of drug-likeness (QED) is 0.708. The molecule has 0 atom stereocenters. The Morgan fingerprint density at radius 2 is 1.88 bits per heavy atom. The van der Waals surface area contributed by atoms with E-state index in [0.29, 0.717) is 6.61 Å². The summed E-state index contributed by atoms with van der Waals surface area (Å²) in [5.74, 6) is 1.01. The van der Waals surface area contributed by atoms with E-state index >= 15 is 0 Å². The van der Waals surface area contributed by atoms with Gasteiger partial charge in [-0.25, -0.2) is 0 Å². The fraction of sp³-hybridized carbons (Fsp3) is 0.409. The number of aryl methyl sites for hydroxylation is 3. The average molecular weight is 321 g/mol. The highest BCUT2D eigenvalue weighted by atomic mass is 16.5. The van der Waals surface area contributed by atoms with Gasteiger partial charge < -0.3 is 4.74 Å². The summed E-state index contributed by atoms with van der Waals surface area (Å²) in [7, 11) is 0. The maximum atomic E-state index is 6.17. The van der Waals surface area contributed by atoms with Crippen LogP contribution in [0, 0.1) is 13.8 Å². The first-order valence-corrected chi connectivity index (χ1v) is 9.03. The van der Waals surface area contributed by atoms with Crippen molar-refractivity contribution in [3.8, 4) is 5.75 Å². The topological polar surface area (TPSA) is 22.1 Å². The second kappa shape index (κ2) is 7.65. The third-order valence-electron chi connectivity index (χ3n) is 4.89. The van der Waals surface area contributed by atoms with Crippen LogP contribution in [0.25, 0.3) is 5.57 Å². The molecule has 2 nitrogen and oxygen atoms in total. The first-order valence-electron chi connectivity index (χ1n) is 9.03. The average Bonchev–Trinajstić information content (AvgIpc) is 2.61. The van der Waals surface area contributed by atoms with Crippen LogP contribution >= 0.6 is 0 Å². The van der Waals surface area contributed by atoms with Gasteiger partial charge in [-0.1, -0.05) is 25.1 Å². The molecule has 24 heavy (non-hydrogen) atoms. The highest BCUT2D eigenvalue weighted by molar-refractivity contribution is 5.69. The van der Waals surface area contributed by atoms with Gasteiger partial charge in [0.2, 0.25) is 0 Å². The number of hydrogen-bond donors (Lipinski definition) is 0. The van der Waals surface area contributed by atoms with Crippen molar-refractivity contribution in [3.05, 3.63) is 64.5 Å². The standard InChI is InChI=1S/C22H27NO/c1-4-18-10-12-22(16(2)13-18)24-15-20-7-5-6-8-21(20)19-11-9-17(3)23-14-19/h9-14H,4-8,15H2,1-3H3. The van der Waals surface area contributed by atoms with Gasteiger partial charge in [0.15, 0.2) is 0 Å². The Balaban J connectivity index is 1.79. The lowest BCUT2D eigenvalue weighted by molar-refractivity contribution is 0.342. The van der Waals surface area contributed by atoms with Crippen LogP contribution in [0.2, 0.25) is 0 Å². The van der Waals surface area contributed by atoms with Gasteiger partial charge in [0.1, 0.15) is 12.4 Å². The van der Waals surface area contributed by atoms with Crippen LogP contribution in [-0.4, -0.2) is 11.6 Å². The lowest BCUT2D eigenvalue weighted by atomic mass is 9.88. The predicted octanol–water partition coefficient (Wildman–Crippen LogP) is 5.67. The van der Waals surface area contributed by atoms with E-state index in [2.05, 4.69) is 49.2 Å². The van der Waals surface area contributed by atoms with Gasteiger partial charge in [-0.05, 0) is 85.9 Å². The lowest BCUT2D eigenvalue weighted by Crippen LogP contribution is -2.09. The molecule has 0 radical (unpaired) electrons. The number of nitrogens with zero attached hydrogens (tertiary/aromatic N) is 1. The third-order valence-corrected chi connectivity index (χ3v) is 4.89. The summed E-state index contributed by atoms with van der Waals surface area (Å²) in [4.78, 5) is 4.47. The number of benzene rings is 1. The van der Waals surface area contributed by atoms with E-state index in [1.165, 1.54) is 40.7 Å². The number of ether oxygens (including phenoxy) is 1. The van der Waals surface area contributed by atoms with Crippen molar-refractivity contribution in [1.82, 2.24) is 4.98 Å². The van der Waals surface area contributed by atoms with E-state index in [4.69, 9.17) is 4.74 Å². The van der Waals surface area contributed by atoms with Crippen molar-refractivity contribution in [1.29, 1.82) is 0 Å². The number of pyridine rings is 1. The number of aromatic nitrogens is 1. The first kappa shape index (κ1) is 16.8. The molecule has 0 bridgehead atoms. The van der Waals surface area contributed by atoms with Crippen LogP contribution in [0.15, 0.2) is 42.1 Å². The second-order valence-corrected chi connectivity index (χ2v) is 6.72. The Morgan fingerprint density at radius 3 is 2.58 bits per heavy atom. The maximum Gasteiger partial charge on any atom is 0.122 e. The molecule has 0 unspecified atom stereocenters. The van der Waals surface area contributed by atoms with Gasteiger partial charge in [-0.2, -0.15) is 0 Å². The molecule has 126 valence electrons. The van der Waals surface area contributed by atoms with Crippen LogP contribution in [0.5, 0.6) is 5.75 Å². The Bertz CT molecular complexity index is 728. The van der Waals surface area contributed by atoms with Crippen LogP contribution in [0.1, 0.15) is 55.0 Å². The predicted molar refractivity (Wildman–Crippen MR) is 100 cm³/mol. The van der Waals surface area contributed by atoms with Gasteiger partial charge in [-0.15, -0.1) is 0 Å². The minimum atomic E-state index is 0.690. The Labute approximate surface area is 145 Å². The smallest absolute Gasteiger partial charge is 0.122 e. The van der Waals surface area contributed by atoms with Crippen molar-refractivity contribution in [3.63, 3.8) is 0 Å². The summed E-state index contributed by atoms with van der Waals surface area (Å²) >= 11 is 0. The summed E-state index contributed by atoms with van der Waals surface area (Å²) in [6, 6.07) is 10.8. The largest absolute Gasteiger partial charge is 0.489 e. The van der Waals surface area contributed by atoms with Crippen LogP contribution in [0.3, 0.4) is 0 Å². The maximum absolute atomic E-state index is 6.17. The number of hydrogen-bond acceptors (Lipinski definition) is 2. The zero-order valence-electron chi connectivity index (χ0n) is 15.1. The zero-order chi connectivity index (χ0) is 16.9. The van der Waals surface area contributed by atoms with E-state index in [9.17, 15) is 0 Å². The van der Waals surface area contributed by atoms with Gasteiger partial charge in [0.05, 0.1) is 0 Å². The second-order valence-electron chi connectivity index (χ2n) is 6.72. The van der Waals surface area contributed by atoms with E-state index in [1.807, 2.05) is 13.1 Å². The third kappa shape index (κ3) is 3.87. The molecule has 0 N–H and O–H groups in total. The van der Waals surface area contributed by atoms with E-state index < -0.39 is 0 Å². The molecule has 0 fully saturated rings. The molecule has 2 heteroatoms. The number of rotatable bonds is 5. The highest BCUT2D eigenvalue weighted by Crippen LogP contribution is 2.33. The molecule has 1 aliphatic carbocycles. The van der Waals surface area contributed by atoms with Crippen molar-refractivity contribution >= 4 is 5.57 Å². The molecular formula is C22H27NO. The van der Waals surface area contributed by atoms with Crippen molar-refractivity contribution in [2.24, 2.45) is 0 Å². The van der Waals surface area contributed by atoms with Crippen LogP contribution < -0.4 is 4.74 Å². The van der Waals surface area contributed by atoms with Gasteiger partial charge in [0, 0.05) is 11.9 Å². The van der Waals surface area contributed by atoms with Gasteiger partial charge in [-0.3, -0.25) is 4.98 Å². The molecule has 0 spiro atoms. The monoisotopic (exact) mass is 321 g/mol. The molecule has 1 aromatic carbocycles. The summed E-state index contributed by atoms with van der Waals surface area (Å²) < 4.78 is 6.17. The molecule has 1 aliphatic rings. The first-order chi connectivity index (χ1) is 11.7. The summed E-state index contributed by atoms with van der Waals surface area (Å²) in [5, 5.41) is 0. The van der Waals surface area contributed by atoms with Gasteiger partial charge >= 0.3 is 0 Å². The molecule has 1 aromatic heterocycles. The fourth-order valence-electron chi connectivity index (χ4n) is 3.38. The minimum absolute atomic E-state index is 0.690. The van der Waals surface area contributed by atoms with E-state index in [-0.39, 0.29) is 0 Å². The number of allylic oxidation sites excluding steroid dienone is 1. The van der Waals surface area contributed by atoms with Crippen molar-refractivity contribution in [2.45, 2.75) is 52.9 Å². The van der Waals surface area contributed by atoms with Gasteiger partial charge in [0.25, 0.3) is 0 Å². The van der Waals surface area contributed by atoms with Crippen LogP contribution in [-0.2, 0) is 6.42 Å². The SMILES string of the molecule is CCc1ccc(OCC2=C(c3ccc(C)nc3)CCCC2)c(C)c1. The molecule has 0 amide bonds. The van der Waals surface area contributed by atoms with E-state index in [0.717, 1.165) is 30.7 Å². The van der Waals surface area contributed by atoms with Crippen molar-refractivity contribution < 1.29 is 4.74 Å². The molecule has 1 heterocycles. The molecule has 0 saturated carbocycles. The zero-order valence-corrected chi connectivity index (χ0v) is 15.1. The Kier molecular flexibility index (Phi) is 5.34. The molecule has 0 saturated heterocycles. The van der Waals surface area contributed by atoms with Crippen molar-refractivity contribution in [2.75, 3.05) is 6.61 Å². The van der Waals surface area contributed by atoms with E-state index in [1.54, 1.807) is 0 Å². The summed E-state index contributed by atoms with van der Waals surface area (Å²) in [6.45, 7) is 7.04. The lowest BCUT2D eigenvalue weighted by Gasteiger charge is -2.21. The molecule has 3 rings (SSSR count). The Hall–Kier alpha value is -2.09. The Morgan fingerprint density at radius 1 is 1.04 bits per heavy atom. The highest BCUT2D eigenvalue weighted by Gasteiger charge is 2.15. The molecule has 2 aromatic rings. The summed E-state index contributed by atoms with van der Waals surface area (Å²) in [6.07, 6.45) is 7.87. The minimum Gasteiger partial charge on any atom is -0.489 e.